The van der Waals surface area contributed by atoms with Crippen LogP contribution in [-0.2, 0) is 16.0 Å². The molecule has 2 amide bonds. The molecule has 2 atom stereocenters. The van der Waals surface area contributed by atoms with E-state index in [-0.39, 0.29) is 30.9 Å². The van der Waals surface area contributed by atoms with E-state index in [2.05, 4.69) is 22.8 Å². The summed E-state index contributed by atoms with van der Waals surface area (Å²) in [7, 11) is 1.86. The largest absolute Gasteiger partial charge is 0.344 e. The highest BCUT2D eigenvalue weighted by Gasteiger charge is 2.19. The number of rotatable bonds is 9. The van der Waals surface area contributed by atoms with Gasteiger partial charge in [-0.3, -0.25) is 9.59 Å². The van der Waals surface area contributed by atoms with Crippen molar-refractivity contribution in [2.75, 3.05) is 25.5 Å². The van der Waals surface area contributed by atoms with Gasteiger partial charge in [-0.2, -0.15) is 0 Å². The lowest BCUT2D eigenvalue weighted by molar-refractivity contribution is -0.862. The quantitative estimate of drug-likeness (QED) is 0.489. The summed E-state index contributed by atoms with van der Waals surface area (Å²) in [6, 6.07) is 25.8. The summed E-state index contributed by atoms with van der Waals surface area (Å²) < 4.78 is 0. The van der Waals surface area contributed by atoms with E-state index in [9.17, 15) is 9.59 Å². The van der Waals surface area contributed by atoms with E-state index in [1.807, 2.05) is 87.6 Å². The molecule has 0 saturated heterocycles. The van der Waals surface area contributed by atoms with Gasteiger partial charge in [-0.1, -0.05) is 72.8 Å². The number of quaternary nitrogens is 1. The molecule has 1 unspecified atom stereocenters. The van der Waals surface area contributed by atoms with Crippen LogP contribution in [0.2, 0.25) is 0 Å². The Bertz CT molecular complexity index is 1040. The number of amides is 2. The normalized spacial score (nSPS) is 12.6. The van der Waals surface area contributed by atoms with Crippen molar-refractivity contribution in [1.29, 1.82) is 0 Å². The molecule has 3 aromatic carbocycles. The summed E-state index contributed by atoms with van der Waals surface area (Å²) in [5.41, 5.74) is 5.24. The molecule has 3 N–H and O–H groups in total. The van der Waals surface area contributed by atoms with Gasteiger partial charge in [0.1, 0.15) is 0 Å². The van der Waals surface area contributed by atoms with Crippen LogP contribution in [0.3, 0.4) is 0 Å². The van der Waals surface area contributed by atoms with E-state index in [1.165, 1.54) is 0 Å². The molecule has 166 valence electrons. The third-order valence-corrected chi connectivity index (χ3v) is 5.62. The smallest absolute Gasteiger partial charge is 0.279 e. The van der Waals surface area contributed by atoms with Crippen molar-refractivity contribution in [2.45, 2.75) is 26.3 Å². The van der Waals surface area contributed by atoms with Crippen molar-refractivity contribution in [3.05, 3.63) is 101 Å². The number of nitrogens with one attached hydrogen (secondary N) is 3. The fourth-order valence-electron chi connectivity index (χ4n) is 3.72. The molecular weight excluding hydrogens is 398 g/mol. The molecule has 32 heavy (non-hydrogen) atoms. The highest BCUT2D eigenvalue weighted by molar-refractivity contribution is 5.92. The van der Waals surface area contributed by atoms with Crippen molar-refractivity contribution in [2.24, 2.45) is 0 Å². The predicted molar refractivity (Wildman–Crippen MR) is 129 cm³/mol. The van der Waals surface area contributed by atoms with Gasteiger partial charge in [0.2, 0.25) is 0 Å². The lowest BCUT2D eigenvalue weighted by Crippen LogP contribution is -3.11. The molecule has 0 aliphatic heterocycles. The van der Waals surface area contributed by atoms with Gasteiger partial charge in [-0.05, 0) is 48.6 Å². The zero-order valence-corrected chi connectivity index (χ0v) is 19.0. The van der Waals surface area contributed by atoms with E-state index in [0.29, 0.717) is 6.42 Å². The van der Waals surface area contributed by atoms with E-state index < -0.39 is 0 Å². The van der Waals surface area contributed by atoms with Crippen LogP contribution in [0.25, 0.3) is 0 Å². The molecule has 0 saturated carbocycles. The summed E-state index contributed by atoms with van der Waals surface area (Å²) in [4.78, 5) is 26.1. The van der Waals surface area contributed by atoms with Gasteiger partial charge >= 0.3 is 0 Å². The second-order valence-corrected chi connectivity index (χ2v) is 8.33. The fraction of sp³-hybridized carbons (Fsp3) is 0.259. The van der Waals surface area contributed by atoms with Crippen LogP contribution < -0.4 is 15.5 Å². The SMILES string of the molecule is Cc1cccc(NC(=O)C[NH+](C)CC(=O)N[C@H](Cc2ccccc2)c2ccccc2)c1C. The zero-order valence-electron chi connectivity index (χ0n) is 19.0. The van der Waals surface area contributed by atoms with Gasteiger partial charge in [0.15, 0.2) is 13.1 Å². The molecule has 0 bridgehead atoms. The van der Waals surface area contributed by atoms with Gasteiger partial charge in [0.25, 0.3) is 11.8 Å². The Morgan fingerprint density at radius 1 is 0.812 bits per heavy atom. The molecule has 3 rings (SSSR count). The second kappa shape index (κ2) is 11.3. The number of benzene rings is 3. The monoisotopic (exact) mass is 430 g/mol. The third kappa shape index (κ3) is 6.79. The molecule has 5 heteroatoms. The number of anilines is 1. The molecular formula is C27H32N3O2+. The van der Waals surface area contributed by atoms with E-state index in [4.69, 9.17) is 0 Å². The van der Waals surface area contributed by atoms with Crippen LogP contribution in [0, 0.1) is 13.8 Å². The minimum absolute atomic E-state index is 0.0770. The average Bonchev–Trinajstić information content (AvgIpc) is 2.77. The number of hydrogen-bond donors (Lipinski definition) is 3. The Balaban J connectivity index is 1.57. The standard InChI is InChI=1S/C27H31N3O2/c1-20-11-10-16-24(21(20)2)28-26(31)18-30(3)19-27(32)29-25(23-14-8-5-9-15-23)17-22-12-6-4-7-13-22/h4-16,25H,17-19H2,1-3H3,(H,28,31)(H,29,32)/p+1/t25-/m1/s1. The topological polar surface area (TPSA) is 62.6 Å². The number of likely N-dealkylation sites (N-methyl/N-ethyl adjacent to an activating group) is 1. The van der Waals surface area contributed by atoms with Gasteiger partial charge in [0.05, 0.1) is 13.1 Å². The van der Waals surface area contributed by atoms with Crippen molar-refractivity contribution < 1.29 is 14.5 Å². The third-order valence-electron chi connectivity index (χ3n) is 5.62. The molecule has 0 aliphatic rings. The number of carbonyl (C=O) groups is 2. The van der Waals surface area contributed by atoms with Crippen LogP contribution in [0.4, 0.5) is 5.69 Å². The maximum atomic E-state index is 12.8. The molecule has 0 aromatic heterocycles. The van der Waals surface area contributed by atoms with Crippen molar-refractivity contribution in [3.8, 4) is 0 Å². The maximum Gasteiger partial charge on any atom is 0.279 e. The van der Waals surface area contributed by atoms with Crippen LogP contribution in [0.1, 0.15) is 28.3 Å². The highest BCUT2D eigenvalue weighted by Crippen LogP contribution is 2.19. The Hall–Kier alpha value is -3.44. The van der Waals surface area contributed by atoms with E-state index in [0.717, 1.165) is 32.8 Å². The van der Waals surface area contributed by atoms with Crippen molar-refractivity contribution in [3.63, 3.8) is 0 Å². The second-order valence-electron chi connectivity index (χ2n) is 8.33. The highest BCUT2D eigenvalue weighted by atomic mass is 16.2. The number of hydrogen-bond acceptors (Lipinski definition) is 2. The fourth-order valence-corrected chi connectivity index (χ4v) is 3.72. The van der Waals surface area contributed by atoms with Crippen LogP contribution >= 0.6 is 0 Å². The minimum Gasteiger partial charge on any atom is -0.344 e. The lowest BCUT2D eigenvalue weighted by Gasteiger charge is -2.21. The lowest BCUT2D eigenvalue weighted by atomic mass is 9.99. The van der Waals surface area contributed by atoms with Gasteiger partial charge in [0, 0.05) is 5.69 Å². The first-order chi connectivity index (χ1) is 15.4. The summed E-state index contributed by atoms with van der Waals surface area (Å²) in [5, 5.41) is 6.12. The molecule has 0 heterocycles. The molecule has 0 spiro atoms. The first kappa shape index (κ1) is 23.2. The van der Waals surface area contributed by atoms with Gasteiger partial charge < -0.3 is 15.5 Å². The Morgan fingerprint density at radius 2 is 1.44 bits per heavy atom. The number of aryl methyl sites for hydroxylation is 1. The summed E-state index contributed by atoms with van der Waals surface area (Å²) in [5.74, 6) is -0.181. The Labute approximate surface area is 190 Å². The maximum absolute atomic E-state index is 12.8. The average molecular weight is 431 g/mol. The first-order valence-corrected chi connectivity index (χ1v) is 11.0. The summed E-state index contributed by atoms with van der Waals surface area (Å²) in [6.07, 6.45) is 0.711. The summed E-state index contributed by atoms with van der Waals surface area (Å²) >= 11 is 0. The van der Waals surface area contributed by atoms with Crippen LogP contribution in [-0.4, -0.2) is 32.0 Å². The Morgan fingerprint density at radius 3 is 2.12 bits per heavy atom. The molecule has 0 aliphatic carbocycles. The van der Waals surface area contributed by atoms with Gasteiger partial charge in [-0.15, -0.1) is 0 Å². The molecule has 3 aromatic rings. The van der Waals surface area contributed by atoms with Crippen LogP contribution in [0.15, 0.2) is 78.9 Å². The van der Waals surface area contributed by atoms with Crippen LogP contribution in [0.5, 0.6) is 0 Å². The predicted octanol–water partition coefficient (Wildman–Crippen LogP) is 2.86. The number of carbonyl (C=O) groups excluding carboxylic acids is 2. The summed E-state index contributed by atoms with van der Waals surface area (Å²) in [6.45, 7) is 4.45. The molecule has 0 fully saturated rings. The minimum atomic E-state index is -0.123. The van der Waals surface area contributed by atoms with Crippen molar-refractivity contribution in [1.82, 2.24) is 5.32 Å². The molecule has 0 radical (unpaired) electrons. The van der Waals surface area contributed by atoms with E-state index >= 15 is 0 Å². The zero-order chi connectivity index (χ0) is 22.9. The Kier molecular flexibility index (Phi) is 8.17. The first-order valence-electron chi connectivity index (χ1n) is 11.0. The van der Waals surface area contributed by atoms with E-state index in [1.54, 1.807) is 0 Å². The molecule has 5 nitrogen and oxygen atoms in total. The van der Waals surface area contributed by atoms with Gasteiger partial charge in [-0.25, -0.2) is 0 Å². The van der Waals surface area contributed by atoms with Crippen molar-refractivity contribution >= 4 is 17.5 Å².